The molecule has 1 N–H and O–H groups in total. The zero-order chi connectivity index (χ0) is 16.4. The van der Waals surface area contributed by atoms with Crippen molar-refractivity contribution in [2.24, 2.45) is 0 Å². The van der Waals surface area contributed by atoms with Crippen molar-refractivity contribution in [3.63, 3.8) is 0 Å². The number of anilines is 1. The van der Waals surface area contributed by atoms with E-state index in [4.69, 9.17) is 11.6 Å². The van der Waals surface area contributed by atoms with E-state index in [0.717, 1.165) is 21.0 Å². The van der Waals surface area contributed by atoms with Crippen molar-refractivity contribution < 1.29 is 4.79 Å². The van der Waals surface area contributed by atoms with Crippen molar-refractivity contribution in [1.82, 2.24) is 4.98 Å². The van der Waals surface area contributed by atoms with Gasteiger partial charge in [0, 0.05) is 10.7 Å². The molecule has 2 aromatic carbocycles. The van der Waals surface area contributed by atoms with Crippen LogP contribution in [0.15, 0.2) is 48.5 Å². The van der Waals surface area contributed by atoms with Crippen molar-refractivity contribution in [3.05, 3.63) is 69.8 Å². The predicted molar refractivity (Wildman–Crippen MR) is 96.4 cm³/mol. The highest BCUT2D eigenvalue weighted by Crippen LogP contribution is 2.31. The third-order valence-electron chi connectivity index (χ3n) is 3.50. The molecule has 0 aliphatic carbocycles. The van der Waals surface area contributed by atoms with Gasteiger partial charge in [0.05, 0.1) is 9.88 Å². The maximum absolute atomic E-state index is 12.7. The van der Waals surface area contributed by atoms with Crippen LogP contribution in [0, 0.1) is 13.8 Å². The van der Waals surface area contributed by atoms with Crippen LogP contribution in [0.4, 0.5) is 5.69 Å². The second kappa shape index (κ2) is 6.52. The van der Waals surface area contributed by atoms with Crippen LogP contribution in [0.1, 0.15) is 21.1 Å². The van der Waals surface area contributed by atoms with Crippen LogP contribution >= 0.6 is 22.9 Å². The van der Waals surface area contributed by atoms with Crippen LogP contribution in [0.5, 0.6) is 0 Å². The summed E-state index contributed by atoms with van der Waals surface area (Å²) in [4.78, 5) is 18.0. The molecule has 0 spiro atoms. The van der Waals surface area contributed by atoms with E-state index in [2.05, 4.69) is 10.3 Å². The Morgan fingerprint density at radius 3 is 2.57 bits per heavy atom. The molecule has 0 atom stereocenters. The predicted octanol–water partition coefficient (Wildman–Crippen LogP) is 5.33. The fraction of sp³-hybridized carbons (Fsp3) is 0.111. The molecule has 116 valence electrons. The molecule has 0 aliphatic rings. The average Bonchev–Trinajstić information content (AvgIpc) is 2.95. The number of rotatable bonds is 3. The summed E-state index contributed by atoms with van der Waals surface area (Å²) < 4.78 is 0. The first-order chi connectivity index (χ1) is 11.1. The van der Waals surface area contributed by atoms with Crippen molar-refractivity contribution in [2.45, 2.75) is 13.8 Å². The maximum Gasteiger partial charge on any atom is 0.275 e. The number of benzene rings is 2. The largest absolute Gasteiger partial charge is 0.320 e. The standard InChI is InChI=1S/C18H15ClN2OS/c1-11-14(19)9-6-10-15(11)21-18(22)16-17(23-12(2)20-16)13-7-4-3-5-8-13/h3-10H,1-2H3,(H,21,22). The smallest absolute Gasteiger partial charge is 0.275 e. The highest BCUT2D eigenvalue weighted by atomic mass is 35.5. The van der Waals surface area contributed by atoms with Gasteiger partial charge in [0.2, 0.25) is 0 Å². The maximum atomic E-state index is 12.7. The van der Waals surface area contributed by atoms with Crippen LogP contribution in [-0.2, 0) is 0 Å². The first kappa shape index (κ1) is 15.7. The summed E-state index contributed by atoms with van der Waals surface area (Å²) in [6.45, 7) is 3.78. The van der Waals surface area contributed by atoms with E-state index in [1.54, 1.807) is 6.07 Å². The average molecular weight is 343 g/mol. The molecule has 0 saturated carbocycles. The lowest BCUT2D eigenvalue weighted by Gasteiger charge is -2.09. The topological polar surface area (TPSA) is 42.0 Å². The van der Waals surface area contributed by atoms with Crippen molar-refractivity contribution in [2.75, 3.05) is 5.32 Å². The molecule has 0 aliphatic heterocycles. The highest BCUT2D eigenvalue weighted by molar-refractivity contribution is 7.15. The second-order valence-corrected chi connectivity index (χ2v) is 6.75. The molecule has 0 saturated heterocycles. The van der Waals surface area contributed by atoms with E-state index in [-0.39, 0.29) is 5.91 Å². The zero-order valence-electron chi connectivity index (χ0n) is 12.8. The van der Waals surface area contributed by atoms with Gasteiger partial charge in [-0.25, -0.2) is 4.98 Å². The van der Waals surface area contributed by atoms with Gasteiger partial charge in [0.15, 0.2) is 0 Å². The molecule has 1 aromatic heterocycles. The summed E-state index contributed by atoms with van der Waals surface area (Å²) >= 11 is 7.63. The number of aryl methyl sites for hydroxylation is 1. The molecule has 0 fully saturated rings. The Morgan fingerprint density at radius 2 is 1.83 bits per heavy atom. The number of carbonyl (C=O) groups excluding carboxylic acids is 1. The van der Waals surface area contributed by atoms with Gasteiger partial charge in [0.25, 0.3) is 5.91 Å². The van der Waals surface area contributed by atoms with Gasteiger partial charge >= 0.3 is 0 Å². The normalized spacial score (nSPS) is 10.6. The van der Waals surface area contributed by atoms with Gasteiger partial charge in [-0.2, -0.15) is 0 Å². The van der Waals surface area contributed by atoms with E-state index >= 15 is 0 Å². The quantitative estimate of drug-likeness (QED) is 0.698. The molecule has 23 heavy (non-hydrogen) atoms. The first-order valence-electron chi connectivity index (χ1n) is 7.15. The number of nitrogens with zero attached hydrogens (tertiary/aromatic N) is 1. The van der Waals surface area contributed by atoms with Crippen LogP contribution in [-0.4, -0.2) is 10.9 Å². The molecule has 5 heteroatoms. The van der Waals surface area contributed by atoms with Gasteiger partial charge in [0.1, 0.15) is 5.69 Å². The monoisotopic (exact) mass is 342 g/mol. The Labute approximate surface area is 144 Å². The van der Waals surface area contributed by atoms with Crippen LogP contribution in [0.25, 0.3) is 10.4 Å². The molecule has 1 heterocycles. The summed E-state index contributed by atoms with van der Waals surface area (Å²) in [5.41, 5.74) is 2.98. The summed E-state index contributed by atoms with van der Waals surface area (Å²) in [6, 6.07) is 15.3. The molecular formula is C18H15ClN2OS. The van der Waals surface area contributed by atoms with E-state index in [9.17, 15) is 4.79 Å². The molecule has 0 bridgehead atoms. The van der Waals surface area contributed by atoms with Crippen molar-refractivity contribution in [1.29, 1.82) is 0 Å². The number of halogens is 1. The van der Waals surface area contributed by atoms with E-state index < -0.39 is 0 Å². The number of thiazole rings is 1. The number of amides is 1. The lowest BCUT2D eigenvalue weighted by atomic mass is 10.1. The molecular weight excluding hydrogens is 328 g/mol. The Hall–Kier alpha value is -2.17. The number of hydrogen-bond acceptors (Lipinski definition) is 3. The Balaban J connectivity index is 1.96. The van der Waals surface area contributed by atoms with Gasteiger partial charge in [-0.3, -0.25) is 4.79 Å². The fourth-order valence-electron chi connectivity index (χ4n) is 2.29. The number of hydrogen-bond donors (Lipinski definition) is 1. The van der Waals surface area contributed by atoms with Crippen LogP contribution < -0.4 is 5.32 Å². The summed E-state index contributed by atoms with van der Waals surface area (Å²) in [7, 11) is 0. The number of carbonyl (C=O) groups is 1. The third kappa shape index (κ3) is 3.28. The highest BCUT2D eigenvalue weighted by Gasteiger charge is 2.19. The van der Waals surface area contributed by atoms with E-state index in [1.165, 1.54) is 11.3 Å². The van der Waals surface area contributed by atoms with Crippen LogP contribution in [0.2, 0.25) is 5.02 Å². The molecule has 0 unspecified atom stereocenters. The number of aromatic nitrogens is 1. The molecule has 0 radical (unpaired) electrons. The van der Waals surface area contributed by atoms with Gasteiger partial charge in [-0.1, -0.05) is 48.0 Å². The Bertz CT molecular complexity index is 859. The SMILES string of the molecule is Cc1nc(C(=O)Nc2cccc(Cl)c2C)c(-c2ccccc2)s1. The molecule has 3 nitrogen and oxygen atoms in total. The minimum Gasteiger partial charge on any atom is -0.320 e. The Kier molecular flexibility index (Phi) is 4.46. The fourth-order valence-corrected chi connectivity index (χ4v) is 3.39. The van der Waals surface area contributed by atoms with Gasteiger partial charge in [-0.15, -0.1) is 11.3 Å². The third-order valence-corrected chi connectivity index (χ3v) is 4.93. The molecule has 3 rings (SSSR count). The van der Waals surface area contributed by atoms with Crippen molar-refractivity contribution >= 4 is 34.5 Å². The first-order valence-corrected chi connectivity index (χ1v) is 8.35. The number of nitrogens with one attached hydrogen (secondary N) is 1. The minimum absolute atomic E-state index is 0.224. The van der Waals surface area contributed by atoms with Crippen LogP contribution in [0.3, 0.4) is 0 Å². The summed E-state index contributed by atoms with van der Waals surface area (Å²) in [6.07, 6.45) is 0. The van der Waals surface area contributed by atoms with Gasteiger partial charge in [-0.05, 0) is 37.1 Å². The zero-order valence-corrected chi connectivity index (χ0v) is 14.3. The van der Waals surface area contributed by atoms with E-state index in [1.807, 2.05) is 56.3 Å². The van der Waals surface area contributed by atoms with Gasteiger partial charge < -0.3 is 5.32 Å². The molecule has 1 amide bonds. The minimum atomic E-state index is -0.224. The lowest BCUT2D eigenvalue weighted by molar-refractivity contribution is 0.102. The summed E-state index contributed by atoms with van der Waals surface area (Å²) in [5.74, 6) is -0.224. The molecule has 3 aromatic rings. The van der Waals surface area contributed by atoms with E-state index in [0.29, 0.717) is 16.4 Å². The second-order valence-electron chi connectivity index (χ2n) is 5.14. The van der Waals surface area contributed by atoms with Crippen molar-refractivity contribution in [3.8, 4) is 10.4 Å². The summed E-state index contributed by atoms with van der Waals surface area (Å²) in [5, 5.41) is 4.40. The Morgan fingerprint density at radius 1 is 1.09 bits per heavy atom. The lowest BCUT2D eigenvalue weighted by Crippen LogP contribution is -2.14.